The van der Waals surface area contributed by atoms with E-state index in [1.807, 2.05) is 108 Å². The molecule has 300 valence electrons. The van der Waals surface area contributed by atoms with Gasteiger partial charge in [-0.15, -0.1) is 0 Å². The third kappa shape index (κ3) is 12.8. The Morgan fingerprint density at radius 1 is 0.768 bits per heavy atom. The number of rotatable bonds is 15. The molecule has 1 aromatic heterocycles. The Labute approximate surface area is 334 Å². The highest BCUT2D eigenvalue weighted by atomic mass is 16.6. The molecule has 2 heterocycles. The predicted molar refractivity (Wildman–Crippen MR) is 225 cm³/mol. The van der Waals surface area contributed by atoms with E-state index < -0.39 is 11.6 Å². The highest BCUT2D eigenvalue weighted by Crippen LogP contribution is 2.26. The first kappa shape index (κ1) is 43.7. The van der Waals surface area contributed by atoms with Gasteiger partial charge in [-0.1, -0.05) is 116 Å². The van der Waals surface area contributed by atoms with Crippen LogP contribution in [0.1, 0.15) is 116 Å². The second kappa shape index (κ2) is 20.2. The Bertz CT molecular complexity index is 1840. The molecule has 1 fully saturated rings. The van der Waals surface area contributed by atoms with Crippen LogP contribution in [0.5, 0.6) is 5.75 Å². The molecule has 3 aromatic carbocycles. The van der Waals surface area contributed by atoms with Crippen molar-refractivity contribution in [2.75, 3.05) is 19.7 Å². The van der Waals surface area contributed by atoms with E-state index in [2.05, 4.69) is 43.0 Å². The second-order valence-corrected chi connectivity index (χ2v) is 16.3. The van der Waals surface area contributed by atoms with Crippen LogP contribution in [0.4, 0.5) is 0 Å². The molecule has 56 heavy (non-hydrogen) atoms. The molecule has 1 aliphatic heterocycles. The molecule has 0 bridgehead atoms. The summed E-state index contributed by atoms with van der Waals surface area (Å²) in [6, 6.07) is 22.4. The molecule has 1 unspecified atom stereocenters. The fourth-order valence-corrected chi connectivity index (χ4v) is 6.27. The average Bonchev–Trinajstić information content (AvgIpc) is 3.15. The van der Waals surface area contributed by atoms with Gasteiger partial charge in [-0.05, 0) is 73.6 Å². The van der Waals surface area contributed by atoms with Crippen LogP contribution in [0.2, 0.25) is 0 Å². The summed E-state index contributed by atoms with van der Waals surface area (Å²) in [4.78, 5) is 50.8. The Morgan fingerprint density at radius 3 is 1.93 bits per heavy atom. The number of likely N-dealkylation sites (tertiary alicyclic amines) is 1. The summed E-state index contributed by atoms with van der Waals surface area (Å²) in [5, 5.41) is 2.98. The van der Waals surface area contributed by atoms with Crippen LogP contribution in [-0.2, 0) is 26.2 Å². The van der Waals surface area contributed by atoms with Gasteiger partial charge >= 0.3 is 5.97 Å². The van der Waals surface area contributed by atoms with Crippen LogP contribution in [0.15, 0.2) is 85.2 Å². The van der Waals surface area contributed by atoms with Crippen LogP contribution in [0, 0.1) is 5.92 Å². The van der Waals surface area contributed by atoms with E-state index in [1.54, 1.807) is 17.0 Å². The number of unbranched alkanes of at least 4 members (excludes halogenated alkanes) is 4. The van der Waals surface area contributed by atoms with E-state index in [9.17, 15) is 14.4 Å². The molecule has 0 radical (unpaired) electrons. The first-order chi connectivity index (χ1) is 26.7. The van der Waals surface area contributed by atoms with E-state index in [4.69, 9.17) is 9.47 Å². The topological polar surface area (TPSA) is 111 Å². The SMILES string of the molecule is CC.CCCCCCCOc1ccc(-c2cnc(-c3ccc(CC(NC(=O)c4ccc(C(C)(C)C)cc4)C(=O)N4CC(C(=O)OC(C)(C)C)C4)cc3)nc2)cc1. The minimum atomic E-state index is -0.830. The average molecular weight is 763 g/mol. The van der Waals surface area contributed by atoms with E-state index in [-0.39, 0.29) is 48.6 Å². The molecule has 0 aliphatic carbocycles. The number of benzene rings is 3. The van der Waals surface area contributed by atoms with Crippen molar-refractivity contribution in [3.05, 3.63) is 102 Å². The number of amides is 2. The second-order valence-electron chi connectivity index (χ2n) is 16.3. The summed E-state index contributed by atoms with van der Waals surface area (Å²) in [5.41, 5.74) is 4.55. The van der Waals surface area contributed by atoms with Gasteiger partial charge in [0.25, 0.3) is 5.91 Å². The van der Waals surface area contributed by atoms with E-state index >= 15 is 0 Å². The van der Waals surface area contributed by atoms with Crippen LogP contribution in [0.25, 0.3) is 22.5 Å². The lowest BCUT2D eigenvalue weighted by atomic mass is 9.86. The highest BCUT2D eigenvalue weighted by Gasteiger charge is 2.40. The van der Waals surface area contributed by atoms with Gasteiger partial charge in [-0.2, -0.15) is 0 Å². The summed E-state index contributed by atoms with van der Waals surface area (Å²) < 4.78 is 11.4. The van der Waals surface area contributed by atoms with Crippen molar-refractivity contribution in [1.29, 1.82) is 0 Å². The molecular weight excluding hydrogens is 701 g/mol. The third-order valence-electron chi connectivity index (χ3n) is 9.56. The fraction of sp³-hybridized carbons (Fsp3) is 0.468. The van der Waals surface area contributed by atoms with Gasteiger partial charge in [-0.25, -0.2) is 9.97 Å². The van der Waals surface area contributed by atoms with Crippen molar-refractivity contribution >= 4 is 17.8 Å². The van der Waals surface area contributed by atoms with Crippen molar-refractivity contribution in [1.82, 2.24) is 20.2 Å². The smallest absolute Gasteiger partial charge is 0.313 e. The molecule has 1 aliphatic rings. The van der Waals surface area contributed by atoms with Gasteiger partial charge in [-0.3, -0.25) is 14.4 Å². The lowest BCUT2D eigenvalue weighted by Crippen LogP contribution is -2.59. The number of hydrogen-bond donors (Lipinski definition) is 1. The lowest BCUT2D eigenvalue weighted by Gasteiger charge is -2.40. The number of hydrogen-bond acceptors (Lipinski definition) is 7. The Kier molecular flexibility index (Phi) is 15.8. The number of carbonyl (C=O) groups excluding carboxylic acids is 3. The highest BCUT2D eigenvalue weighted by molar-refractivity contribution is 5.98. The molecular formula is C47H62N4O5. The molecule has 1 saturated heterocycles. The van der Waals surface area contributed by atoms with Crippen molar-refractivity contribution in [2.24, 2.45) is 5.92 Å². The van der Waals surface area contributed by atoms with Crippen molar-refractivity contribution in [2.45, 2.75) is 118 Å². The number of nitrogens with zero attached hydrogens (tertiary/aromatic N) is 3. The van der Waals surface area contributed by atoms with Crippen molar-refractivity contribution in [3.63, 3.8) is 0 Å². The molecule has 9 nitrogen and oxygen atoms in total. The summed E-state index contributed by atoms with van der Waals surface area (Å²) in [5.74, 6) is 0.177. The zero-order valence-corrected chi connectivity index (χ0v) is 35.0. The maximum absolute atomic E-state index is 13.8. The van der Waals surface area contributed by atoms with Crippen molar-refractivity contribution in [3.8, 4) is 28.3 Å². The van der Waals surface area contributed by atoms with E-state index in [0.29, 0.717) is 11.4 Å². The van der Waals surface area contributed by atoms with Crippen LogP contribution in [0.3, 0.4) is 0 Å². The third-order valence-corrected chi connectivity index (χ3v) is 9.56. The Hall–Kier alpha value is -5.05. The molecule has 1 atom stereocenters. The number of esters is 1. The quantitative estimate of drug-likeness (QED) is 0.0949. The predicted octanol–water partition coefficient (Wildman–Crippen LogP) is 9.62. The summed E-state index contributed by atoms with van der Waals surface area (Å²) in [6.45, 7) is 19.3. The first-order valence-corrected chi connectivity index (χ1v) is 20.3. The zero-order valence-electron chi connectivity index (χ0n) is 35.0. The van der Waals surface area contributed by atoms with E-state index in [0.717, 1.165) is 46.6 Å². The summed E-state index contributed by atoms with van der Waals surface area (Å²) >= 11 is 0. The maximum atomic E-state index is 13.8. The van der Waals surface area contributed by atoms with Gasteiger partial charge in [0.1, 0.15) is 17.4 Å². The number of aromatic nitrogens is 2. The summed E-state index contributed by atoms with van der Waals surface area (Å²) in [6.07, 6.45) is 9.94. The lowest BCUT2D eigenvalue weighted by molar-refractivity contribution is -0.168. The van der Waals surface area contributed by atoms with Crippen LogP contribution >= 0.6 is 0 Å². The maximum Gasteiger partial charge on any atom is 0.313 e. The van der Waals surface area contributed by atoms with Crippen LogP contribution < -0.4 is 10.1 Å². The van der Waals surface area contributed by atoms with Gasteiger partial charge < -0.3 is 19.7 Å². The van der Waals surface area contributed by atoms with Gasteiger partial charge in [0.15, 0.2) is 5.82 Å². The largest absolute Gasteiger partial charge is 0.494 e. The molecule has 0 spiro atoms. The van der Waals surface area contributed by atoms with Gasteiger partial charge in [0.05, 0.1) is 12.5 Å². The number of ether oxygens (including phenoxy) is 2. The molecule has 5 rings (SSSR count). The Morgan fingerprint density at radius 2 is 1.36 bits per heavy atom. The monoisotopic (exact) mass is 762 g/mol. The molecule has 1 N–H and O–H groups in total. The molecule has 2 amide bonds. The Balaban J connectivity index is 0.00000342. The minimum Gasteiger partial charge on any atom is -0.494 e. The zero-order chi connectivity index (χ0) is 40.9. The number of carbonyl (C=O) groups is 3. The van der Waals surface area contributed by atoms with Crippen LogP contribution in [-0.4, -0.2) is 64.0 Å². The van der Waals surface area contributed by atoms with Crippen molar-refractivity contribution < 1.29 is 23.9 Å². The molecule has 4 aromatic rings. The van der Waals surface area contributed by atoms with Gasteiger partial charge in [0.2, 0.25) is 5.91 Å². The van der Waals surface area contributed by atoms with E-state index in [1.165, 1.54) is 25.7 Å². The molecule has 0 saturated carbocycles. The minimum absolute atomic E-state index is 0.0519. The number of nitrogens with one attached hydrogen (secondary N) is 1. The standard InChI is InChI=1S/C45H56N4O5.C2H6/c1-8-9-10-11-12-25-53-38-23-19-32(20-24-38)35-27-46-40(47-28-35)33-15-13-31(14-16-33)26-39(42(51)49-29-36(30-49)43(52)54-45(5,6)7)48-41(50)34-17-21-37(22-18-34)44(2,3)4;1-2/h13-24,27-28,36,39H,8-12,25-26,29-30H2,1-7H3,(H,48,50);1-2H3. The summed E-state index contributed by atoms with van der Waals surface area (Å²) in [7, 11) is 0. The van der Waals surface area contributed by atoms with Gasteiger partial charge in [0, 0.05) is 48.6 Å². The normalized spacial score (nSPS) is 13.5. The fourth-order valence-electron chi connectivity index (χ4n) is 6.27. The first-order valence-electron chi connectivity index (χ1n) is 20.3. The molecule has 9 heteroatoms.